The first-order valence-electron chi connectivity index (χ1n) is 6.29. The van der Waals surface area contributed by atoms with E-state index in [-0.39, 0.29) is 0 Å². The lowest BCUT2D eigenvalue weighted by Gasteiger charge is -2.11. The fourth-order valence-electron chi connectivity index (χ4n) is 1.66. The van der Waals surface area contributed by atoms with Crippen molar-refractivity contribution >= 4 is 5.91 Å². The molecule has 0 spiro atoms. The zero-order chi connectivity index (χ0) is 13.4. The average molecular weight is 251 g/mol. The Balaban J connectivity index is 2.63. The van der Waals surface area contributed by atoms with E-state index in [0.29, 0.717) is 23.7 Å². The Labute approximate surface area is 108 Å². The second kappa shape index (κ2) is 7.58. The van der Waals surface area contributed by atoms with Gasteiger partial charge in [-0.3, -0.25) is 4.79 Å². The molecule has 18 heavy (non-hydrogen) atoms. The van der Waals surface area contributed by atoms with E-state index in [4.69, 9.17) is 15.2 Å². The lowest BCUT2D eigenvalue weighted by molar-refractivity contribution is 0.0996. The smallest absolute Gasteiger partial charge is 0.252 e. The SMILES string of the molecule is CCCCCCOc1cc(OC)ccc1C(N)=O. The Kier molecular flexibility index (Phi) is 6.05. The first-order chi connectivity index (χ1) is 8.69. The number of hydrogen-bond donors (Lipinski definition) is 1. The number of nitrogens with two attached hydrogens (primary N) is 1. The summed E-state index contributed by atoms with van der Waals surface area (Å²) in [5.41, 5.74) is 5.69. The van der Waals surface area contributed by atoms with Gasteiger partial charge >= 0.3 is 0 Å². The number of hydrogen-bond acceptors (Lipinski definition) is 3. The van der Waals surface area contributed by atoms with Crippen molar-refractivity contribution in [2.24, 2.45) is 5.73 Å². The van der Waals surface area contributed by atoms with Gasteiger partial charge in [0.05, 0.1) is 19.3 Å². The van der Waals surface area contributed by atoms with E-state index in [1.54, 1.807) is 25.3 Å². The monoisotopic (exact) mass is 251 g/mol. The van der Waals surface area contributed by atoms with Crippen molar-refractivity contribution in [2.45, 2.75) is 32.6 Å². The van der Waals surface area contributed by atoms with Crippen LogP contribution >= 0.6 is 0 Å². The molecule has 4 nitrogen and oxygen atoms in total. The van der Waals surface area contributed by atoms with Crippen LogP contribution in [0.3, 0.4) is 0 Å². The highest BCUT2D eigenvalue weighted by Crippen LogP contribution is 2.24. The summed E-state index contributed by atoms with van der Waals surface area (Å²) < 4.78 is 10.7. The molecule has 0 heterocycles. The summed E-state index contributed by atoms with van der Waals surface area (Å²) in [6.45, 7) is 2.75. The summed E-state index contributed by atoms with van der Waals surface area (Å²) in [6.07, 6.45) is 4.49. The number of rotatable bonds is 8. The van der Waals surface area contributed by atoms with E-state index in [1.807, 2.05) is 0 Å². The number of unbranched alkanes of at least 4 members (excludes halogenated alkanes) is 3. The van der Waals surface area contributed by atoms with Crippen LogP contribution in [0, 0.1) is 0 Å². The number of benzene rings is 1. The molecular formula is C14H21NO3. The highest BCUT2D eigenvalue weighted by Gasteiger charge is 2.10. The van der Waals surface area contributed by atoms with Crippen molar-refractivity contribution in [2.75, 3.05) is 13.7 Å². The van der Waals surface area contributed by atoms with E-state index >= 15 is 0 Å². The van der Waals surface area contributed by atoms with Gasteiger partial charge in [-0.05, 0) is 18.6 Å². The Hall–Kier alpha value is -1.71. The Morgan fingerprint density at radius 3 is 2.67 bits per heavy atom. The van der Waals surface area contributed by atoms with Gasteiger partial charge in [0.15, 0.2) is 0 Å². The number of primary amides is 1. The molecule has 0 atom stereocenters. The third-order valence-electron chi connectivity index (χ3n) is 2.71. The van der Waals surface area contributed by atoms with Crippen LogP contribution < -0.4 is 15.2 Å². The first kappa shape index (κ1) is 14.4. The standard InChI is InChI=1S/C14H21NO3/c1-3-4-5-6-9-18-13-10-11(17-2)7-8-12(13)14(15)16/h7-8,10H,3-6,9H2,1-2H3,(H2,15,16). The van der Waals surface area contributed by atoms with Crippen molar-refractivity contribution < 1.29 is 14.3 Å². The predicted molar refractivity (Wildman–Crippen MR) is 71.1 cm³/mol. The molecule has 0 aliphatic heterocycles. The Morgan fingerprint density at radius 1 is 1.28 bits per heavy atom. The maximum atomic E-state index is 11.3. The first-order valence-corrected chi connectivity index (χ1v) is 6.29. The molecule has 1 amide bonds. The van der Waals surface area contributed by atoms with E-state index in [1.165, 1.54) is 12.8 Å². The molecule has 100 valence electrons. The van der Waals surface area contributed by atoms with Crippen LogP contribution in [-0.4, -0.2) is 19.6 Å². The lowest BCUT2D eigenvalue weighted by atomic mass is 10.2. The highest BCUT2D eigenvalue weighted by atomic mass is 16.5. The van der Waals surface area contributed by atoms with Crippen molar-refractivity contribution in [3.63, 3.8) is 0 Å². The van der Waals surface area contributed by atoms with Gasteiger partial charge in [-0.2, -0.15) is 0 Å². The van der Waals surface area contributed by atoms with Gasteiger partial charge in [0.25, 0.3) is 5.91 Å². The Bertz CT molecular complexity index is 391. The lowest BCUT2D eigenvalue weighted by Crippen LogP contribution is -2.13. The molecule has 1 rings (SSSR count). The second-order valence-electron chi connectivity index (χ2n) is 4.14. The van der Waals surface area contributed by atoms with Crippen molar-refractivity contribution in [3.05, 3.63) is 23.8 Å². The molecule has 0 unspecified atom stereocenters. The van der Waals surface area contributed by atoms with E-state index in [2.05, 4.69) is 6.92 Å². The molecule has 0 aliphatic rings. The van der Waals surface area contributed by atoms with Gasteiger partial charge in [0, 0.05) is 6.07 Å². The molecule has 4 heteroatoms. The number of carbonyl (C=O) groups is 1. The molecule has 1 aromatic rings. The van der Waals surface area contributed by atoms with Crippen LogP contribution in [0.15, 0.2) is 18.2 Å². The van der Waals surface area contributed by atoms with Crippen LogP contribution in [0.4, 0.5) is 0 Å². The average Bonchev–Trinajstić information content (AvgIpc) is 2.38. The van der Waals surface area contributed by atoms with Gasteiger partial charge in [-0.1, -0.05) is 26.2 Å². The molecule has 1 aromatic carbocycles. The molecule has 0 aliphatic carbocycles. The minimum absolute atomic E-state index is 0.395. The zero-order valence-corrected chi connectivity index (χ0v) is 11.1. The summed E-state index contributed by atoms with van der Waals surface area (Å²) >= 11 is 0. The van der Waals surface area contributed by atoms with Crippen LogP contribution in [0.1, 0.15) is 43.0 Å². The van der Waals surface area contributed by atoms with E-state index in [0.717, 1.165) is 12.8 Å². The quantitative estimate of drug-likeness (QED) is 0.723. The Morgan fingerprint density at radius 2 is 2.06 bits per heavy atom. The fourth-order valence-corrected chi connectivity index (χ4v) is 1.66. The third-order valence-corrected chi connectivity index (χ3v) is 2.71. The summed E-state index contributed by atoms with van der Waals surface area (Å²) in [5, 5.41) is 0. The maximum Gasteiger partial charge on any atom is 0.252 e. The molecular weight excluding hydrogens is 230 g/mol. The third kappa shape index (κ3) is 4.28. The van der Waals surface area contributed by atoms with E-state index in [9.17, 15) is 4.79 Å². The summed E-state index contributed by atoms with van der Waals surface area (Å²) in [5.74, 6) is 0.670. The second-order valence-corrected chi connectivity index (χ2v) is 4.14. The van der Waals surface area contributed by atoms with Crippen molar-refractivity contribution in [1.29, 1.82) is 0 Å². The van der Waals surface area contributed by atoms with Crippen molar-refractivity contribution in [3.8, 4) is 11.5 Å². The zero-order valence-electron chi connectivity index (χ0n) is 11.1. The van der Waals surface area contributed by atoms with Crippen LogP contribution in [0.25, 0.3) is 0 Å². The van der Waals surface area contributed by atoms with Crippen LogP contribution in [-0.2, 0) is 0 Å². The molecule has 0 saturated carbocycles. The summed E-state index contributed by atoms with van der Waals surface area (Å²) in [7, 11) is 1.57. The molecule has 0 radical (unpaired) electrons. The van der Waals surface area contributed by atoms with E-state index < -0.39 is 5.91 Å². The maximum absolute atomic E-state index is 11.3. The molecule has 0 fully saturated rings. The molecule has 0 bridgehead atoms. The summed E-state index contributed by atoms with van der Waals surface area (Å²) in [4.78, 5) is 11.3. The largest absolute Gasteiger partial charge is 0.497 e. The highest BCUT2D eigenvalue weighted by molar-refractivity contribution is 5.95. The van der Waals surface area contributed by atoms with Gasteiger partial charge in [-0.15, -0.1) is 0 Å². The minimum Gasteiger partial charge on any atom is -0.497 e. The fraction of sp³-hybridized carbons (Fsp3) is 0.500. The summed E-state index contributed by atoms with van der Waals surface area (Å²) in [6, 6.07) is 5.02. The van der Waals surface area contributed by atoms with Gasteiger partial charge < -0.3 is 15.2 Å². The molecule has 0 aromatic heterocycles. The van der Waals surface area contributed by atoms with Crippen LogP contribution in [0.2, 0.25) is 0 Å². The number of carbonyl (C=O) groups excluding carboxylic acids is 1. The van der Waals surface area contributed by atoms with Gasteiger partial charge in [0.2, 0.25) is 0 Å². The number of amides is 1. The molecule has 0 saturated heterocycles. The van der Waals surface area contributed by atoms with Gasteiger partial charge in [-0.25, -0.2) is 0 Å². The topological polar surface area (TPSA) is 61.6 Å². The predicted octanol–water partition coefficient (Wildman–Crippen LogP) is 2.75. The normalized spacial score (nSPS) is 10.1. The van der Waals surface area contributed by atoms with Crippen LogP contribution in [0.5, 0.6) is 11.5 Å². The molecule has 2 N–H and O–H groups in total. The minimum atomic E-state index is -0.485. The number of methoxy groups -OCH3 is 1. The number of ether oxygens (including phenoxy) is 2. The van der Waals surface area contributed by atoms with Gasteiger partial charge in [0.1, 0.15) is 11.5 Å². The van der Waals surface area contributed by atoms with Crippen molar-refractivity contribution in [1.82, 2.24) is 0 Å².